The Morgan fingerprint density at radius 2 is 1.87 bits per heavy atom. The maximum atomic E-state index is 13.2. The molecular formula is C22H28N4O3S. The van der Waals surface area contributed by atoms with Gasteiger partial charge >= 0.3 is 0 Å². The second-order valence-electron chi connectivity index (χ2n) is 7.94. The molecule has 2 amide bonds. The molecule has 1 N–H and O–H groups in total. The molecule has 0 aliphatic carbocycles. The van der Waals surface area contributed by atoms with Crippen molar-refractivity contribution in [2.45, 2.75) is 38.6 Å². The Balaban J connectivity index is 1.34. The fourth-order valence-corrected chi connectivity index (χ4v) is 5.10. The highest BCUT2D eigenvalue weighted by Crippen LogP contribution is 2.29. The van der Waals surface area contributed by atoms with Crippen LogP contribution in [0.15, 0.2) is 29.6 Å². The van der Waals surface area contributed by atoms with Gasteiger partial charge in [0.05, 0.1) is 12.8 Å². The number of aromatic nitrogens is 1. The van der Waals surface area contributed by atoms with Gasteiger partial charge in [-0.05, 0) is 56.9 Å². The predicted octanol–water partition coefficient (Wildman–Crippen LogP) is 3.31. The van der Waals surface area contributed by atoms with Crippen LogP contribution in [-0.4, -0.2) is 54.5 Å². The number of hydrogen-bond acceptors (Lipinski definition) is 6. The van der Waals surface area contributed by atoms with Crippen molar-refractivity contribution in [2.24, 2.45) is 5.92 Å². The minimum atomic E-state index is -0.390. The van der Waals surface area contributed by atoms with E-state index in [9.17, 15) is 9.59 Å². The number of nitrogens with one attached hydrogen (secondary N) is 1. The number of ether oxygens (including phenoxy) is 1. The topological polar surface area (TPSA) is 74.8 Å². The molecule has 0 spiro atoms. The summed E-state index contributed by atoms with van der Waals surface area (Å²) in [6.45, 7) is 4.33. The maximum Gasteiger partial charge on any atom is 0.247 e. The number of carbonyl (C=O) groups excluding carboxylic acids is 2. The van der Waals surface area contributed by atoms with Crippen LogP contribution in [-0.2, 0) is 9.59 Å². The minimum Gasteiger partial charge on any atom is -0.497 e. The number of nitrogens with zero attached hydrogens (tertiary/aromatic N) is 3. The van der Waals surface area contributed by atoms with Crippen molar-refractivity contribution < 1.29 is 14.3 Å². The zero-order valence-electron chi connectivity index (χ0n) is 17.5. The van der Waals surface area contributed by atoms with E-state index in [2.05, 4.69) is 20.6 Å². The van der Waals surface area contributed by atoms with Gasteiger partial charge in [-0.3, -0.25) is 9.59 Å². The summed E-state index contributed by atoms with van der Waals surface area (Å²) in [4.78, 5) is 34.7. The Morgan fingerprint density at radius 3 is 2.50 bits per heavy atom. The third-order valence-electron chi connectivity index (χ3n) is 5.92. The molecule has 2 aliphatic heterocycles. The van der Waals surface area contributed by atoms with Crippen molar-refractivity contribution in [3.05, 3.63) is 35.3 Å². The normalized spacial score (nSPS) is 19.7. The number of piperidine rings is 1. The van der Waals surface area contributed by atoms with Crippen LogP contribution in [0.25, 0.3) is 0 Å². The number of likely N-dealkylation sites (tertiary alicyclic amines) is 1. The van der Waals surface area contributed by atoms with E-state index in [4.69, 9.17) is 4.74 Å². The Hall–Kier alpha value is -2.61. The van der Waals surface area contributed by atoms with Crippen LogP contribution in [0.4, 0.5) is 10.8 Å². The smallest absolute Gasteiger partial charge is 0.247 e. The van der Waals surface area contributed by atoms with E-state index < -0.39 is 0 Å². The van der Waals surface area contributed by atoms with Gasteiger partial charge in [0, 0.05) is 36.6 Å². The number of hydrogen-bond donors (Lipinski definition) is 1. The highest BCUT2D eigenvalue weighted by Gasteiger charge is 2.38. The molecule has 2 fully saturated rings. The lowest BCUT2D eigenvalue weighted by molar-refractivity contribution is -0.140. The number of aryl methyl sites for hydroxylation is 1. The van der Waals surface area contributed by atoms with Gasteiger partial charge in [-0.25, -0.2) is 4.98 Å². The molecule has 1 aromatic heterocycles. The lowest BCUT2D eigenvalue weighted by Gasteiger charge is -2.34. The Labute approximate surface area is 181 Å². The molecule has 2 aliphatic rings. The third-order valence-corrected chi connectivity index (χ3v) is 6.94. The monoisotopic (exact) mass is 428 g/mol. The van der Waals surface area contributed by atoms with Gasteiger partial charge in [-0.2, -0.15) is 0 Å². The average Bonchev–Trinajstić information content (AvgIpc) is 3.43. The molecule has 7 nitrogen and oxygen atoms in total. The first-order valence-corrected chi connectivity index (χ1v) is 11.4. The summed E-state index contributed by atoms with van der Waals surface area (Å²) in [6.07, 6.45) is 3.19. The largest absolute Gasteiger partial charge is 0.497 e. The van der Waals surface area contributed by atoms with Crippen molar-refractivity contribution >= 4 is 34.0 Å². The lowest BCUT2D eigenvalue weighted by Crippen LogP contribution is -2.48. The number of amides is 2. The van der Waals surface area contributed by atoms with Gasteiger partial charge in [-0.1, -0.05) is 0 Å². The van der Waals surface area contributed by atoms with Crippen molar-refractivity contribution in [3.8, 4) is 5.75 Å². The molecule has 2 aromatic rings. The van der Waals surface area contributed by atoms with Gasteiger partial charge in [0.25, 0.3) is 0 Å². The lowest BCUT2D eigenvalue weighted by atomic mass is 9.95. The van der Waals surface area contributed by atoms with Gasteiger partial charge < -0.3 is 19.9 Å². The van der Waals surface area contributed by atoms with Gasteiger partial charge in [0.2, 0.25) is 11.8 Å². The average molecular weight is 429 g/mol. The van der Waals surface area contributed by atoms with Gasteiger partial charge in [-0.15, -0.1) is 11.3 Å². The second-order valence-corrected chi connectivity index (χ2v) is 8.78. The number of benzene rings is 1. The number of anilines is 2. The fraction of sp³-hybridized carbons (Fsp3) is 0.500. The van der Waals surface area contributed by atoms with Crippen LogP contribution in [0.3, 0.4) is 0 Å². The molecule has 1 atom stereocenters. The molecule has 0 saturated carbocycles. The first-order valence-electron chi connectivity index (χ1n) is 10.5. The Bertz CT molecular complexity index is 890. The molecule has 0 bridgehead atoms. The molecule has 0 radical (unpaired) electrons. The summed E-state index contributed by atoms with van der Waals surface area (Å²) in [7, 11) is 1.61. The van der Waals surface area contributed by atoms with Crippen molar-refractivity contribution in [2.75, 3.05) is 37.0 Å². The van der Waals surface area contributed by atoms with Crippen LogP contribution in [0.1, 0.15) is 31.4 Å². The van der Waals surface area contributed by atoms with E-state index in [1.807, 2.05) is 31.2 Å². The summed E-state index contributed by atoms with van der Waals surface area (Å²) >= 11 is 1.66. The summed E-state index contributed by atoms with van der Waals surface area (Å²) in [5.74, 6) is 0.737. The molecule has 4 rings (SSSR count). The fourth-order valence-electron chi connectivity index (χ4n) is 4.24. The molecule has 1 unspecified atom stereocenters. The second kappa shape index (κ2) is 9.04. The summed E-state index contributed by atoms with van der Waals surface area (Å²) in [5.41, 5.74) is 1.75. The molecule has 2 saturated heterocycles. The third kappa shape index (κ3) is 4.43. The number of methoxy groups -OCH3 is 1. The number of rotatable bonds is 5. The molecule has 3 heterocycles. The summed E-state index contributed by atoms with van der Waals surface area (Å²) in [6, 6.07) is 6.86. The number of thiazole rings is 1. The molecular weight excluding hydrogens is 400 g/mol. The maximum absolute atomic E-state index is 13.2. The Morgan fingerprint density at radius 1 is 1.13 bits per heavy atom. The Kier molecular flexibility index (Phi) is 6.22. The zero-order chi connectivity index (χ0) is 21.1. The van der Waals surface area contributed by atoms with Crippen LogP contribution in [0.5, 0.6) is 5.75 Å². The SMILES string of the molecule is COc1ccc(NC(=O)C2CCCN2C(=O)C2CCN(c3nc(C)cs3)CC2)cc1. The zero-order valence-corrected chi connectivity index (χ0v) is 18.3. The highest BCUT2D eigenvalue weighted by molar-refractivity contribution is 7.13. The van der Waals surface area contributed by atoms with E-state index in [-0.39, 0.29) is 23.8 Å². The van der Waals surface area contributed by atoms with Crippen LogP contribution in [0.2, 0.25) is 0 Å². The van der Waals surface area contributed by atoms with Crippen molar-refractivity contribution in [1.82, 2.24) is 9.88 Å². The quantitative estimate of drug-likeness (QED) is 0.791. The summed E-state index contributed by atoms with van der Waals surface area (Å²) < 4.78 is 5.15. The van der Waals surface area contributed by atoms with Crippen LogP contribution in [0, 0.1) is 12.8 Å². The van der Waals surface area contributed by atoms with Gasteiger partial charge in [0.1, 0.15) is 11.8 Å². The minimum absolute atomic E-state index is 0.0169. The standard InChI is InChI=1S/C22H28N4O3S/c1-15-14-30-22(23-15)25-12-9-16(10-13-25)21(28)26-11-3-4-19(26)20(27)24-17-5-7-18(29-2)8-6-17/h5-8,14,16,19H,3-4,9-13H2,1-2H3,(H,24,27). The van der Waals surface area contributed by atoms with Crippen molar-refractivity contribution in [3.63, 3.8) is 0 Å². The van der Waals surface area contributed by atoms with E-state index in [1.54, 1.807) is 23.3 Å². The highest BCUT2D eigenvalue weighted by atomic mass is 32.1. The molecule has 160 valence electrons. The van der Waals surface area contributed by atoms with Gasteiger partial charge in [0.15, 0.2) is 5.13 Å². The molecule has 30 heavy (non-hydrogen) atoms. The first-order chi connectivity index (χ1) is 14.5. The van der Waals surface area contributed by atoms with E-state index in [1.165, 1.54) is 0 Å². The molecule has 1 aromatic carbocycles. The van der Waals surface area contributed by atoms with E-state index in [0.29, 0.717) is 18.7 Å². The molecule has 8 heteroatoms. The van der Waals surface area contributed by atoms with E-state index in [0.717, 1.165) is 48.9 Å². The first kappa shape index (κ1) is 20.7. The van der Waals surface area contributed by atoms with E-state index >= 15 is 0 Å². The number of carbonyl (C=O) groups is 2. The van der Waals surface area contributed by atoms with Crippen LogP contribution < -0.4 is 15.0 Å². The van der Waals surface area contributed by atoms with Crippen LogP contribution >= 0.6 is 11.3 Å². The predicted molar refractivity (Wildman–Crippen MR) is 118 cm³/mol. The van der Waals surface area contributed by atoms with Crippen molar-refractivity contribution in [1.29, 1.82) is 0 Å². The summed E-state index contributed by atoms with van der Waals surface area (Å²) in [5, 5.41) is 6.05.